The monoisotopic (exact) mass is 453 g/mol. The Morgan fingerprint density at radius 2 is 2.03 bits per heavy atom. The highest BCUT2D eigenvalue weighted by Gasteiger charge is 2.35. The number of nitrogens with one attached hydrogen (secondary N) is 2. The maximum Gasteiger partial charge on any atom is 0.335 e. The van der Waals surface area contributed by atoms with E-state index < -0.39 is 11.5 Å². The van der Waals surface area contributed by atoms with Crippen molar-refractivity contribution in [1.29, 1.82) is 0 Å². The Labute approximate surface area is 189 Å². The lowest BCUT2D eigenvalue weighted by Gasteiger charge is -2.37. The third kappa shape index (κ3) is 4.58. The van der Waals surface area contributed by atoms with E-state index >= 15 is 0 Å². The van der Waals surface area contributed by atoms with Crippen molar-refractivity contribution >= 4 is 28.3 Å². The number of aromatic carboxylic acids is 1. The second-order valence-corrected chi connectivity index (χ2v) is 8.56. The van der Waals surface area contributed by atoms with E-state index in [4.69, 9.17) is 14.6 Å². The van der Waals surface area contributed by atoms with E-state index in [1.54, 1.807) is 25.4 Å². The molecule has 9 heteroatoms. The van der Waals surface area contributed by atoms with Gasteiger partial charge >= 0.3 is 5.97 Å². The molecule has 1 aliphatic heterocycles. The summed E-state index contributed by atoms with van der Waals surface area (Å²) in [5, 5.41) is 17.8. The number of aromatic nitrogens is 1. The van der Waals surface area contributed by atoms with Crippen LogP contribution in [0.5, 0.6) is 17.2 Å². The van der Waals surface area contributed by atoms with Crippen molar-refractivity contribution in [2.24, 2.45) is 0 Å². The van der Waals surface area contributed by atoms with Gasteiger partial charge in [0, 0.05) is 30.1 Å². The van der Waals surface area contributed by atoms with Crippen LogP contribution in [0.2, 0.25) is 0 Å². The molecule has 0 aliphatic carbocycles. The average Bonchev–Trinajstić information content (AvgIpc) is 3.27. The summed E-state index contributed by atoms with van der Waals surface area (Å²) < 4.78 is 11.6. The molecule has 0 saturated heterocycles. The number of carboxylic acid groups (broad SMARTS) is 1. The first-order chi connectivity index (χ1) is 15.4. The van der Waals surface area contributed by atoms with Gasteiger partial charge in [-0.1, -0.05) is 0 Å². The predicted molar refractivity (Wildman–Crippen MR) is 121 cm³/mol. The predicted octanol–water partition coefficient (Wildman–Crippen LogP) is 4.03. The molecule has 32 heavy (non-hydrogen) atoms. The van der Waals surface area contributed by atoms with Crippen LogP contribution in [-0.2, 0) is 16.8 Å². The molecule has 0 fully saturated rings. The SMILES string of the molecule is COc1cc2c(cc1Oc1ccc(C(=O)O)cc1)[C@@](C)(CC(=O)Nc1nccs1)NCC2. The normalized spacial score (nSPS) is 17.3. The number of carbonyl (C=O) groups excluding carboxylic acids is 1. The first-order valence-electron chi connectivity index (χ1n) is 10.0. The van der Waals surface area contributed by atoms with E-state index in [1.807, 2.05) is 24.4 Å². The molecule has 0 spiro atoms. The first kappa shape index (κ1) is 21.8. The van der Waals surface area contributed by atoms with E-state index in [0.29, 0.717) is 22.4 Å². The molecule has 1 aliphatic rings. The first-order valence-corrected chi connectivity index (χ1v) is 10.9. The van der Waals surface area contributed by atoms with Gasteiger partial charge in [0.2, 0.25) is 5.91 Å². The molecule has 0 bridgehead atoms. The molecule has 2 heterocycles. The molecular formula is C23H23N3O5S. The van der Waals surface area contributed by atoms with Crippen molar-refractivity contribution in [1.82, 2.24) is 10.3 Å². The molecule has 4 rings (SSSR count). The number of benzene rings is 2. The fraction of sp³-hybridized carbons (Fsp3) is 0.261. The smallest absolute Gasteiger partial charge is 0.335 e. The van der Waals surface area contributed by atoms with Gasteiger partial charge < -0.3 is 25.2 Å². The number of ether oxygens (including phenoxy) is 2. The largest absolute Gasteiger partial charge is 0.493 e. The van der Waals surface area contributed by atoms with Gasteiger partial charge in [-0.15, -0.1) is 11.3 Å². The number of carbonyl (C=O) groups is 2. The van der Waals surface area contributed by atoms with Crippen molar-refractivity contribution in [3.8, 4) is 17.2 Å². The Hall–Kier alpha value is -3.43. The Morgan fingerprint density at radius 3 is 2.69 bits per heavy atom. The van der Waals surface area contributed by atoms with Crippen molar-refractivity contribution in [2.75, 3.05) is 19.0 Å². The van der Waals surface area contributed by atoms with E-state index in [9.17, 15) is 9.59 Å². The second kappa shape index (κ2) is 8.97. The van der Waals surface area contributed by atoms with Crippen LogP contribution in [0, 0.1) is 0 Å². The zero-order valence-corrected chi connectivity index (χ0v) is 18.5. The third-order valence-corrected chi connectivity index (χ3v) is 6.10. The highest BCUT2D eigenvalue weighted by atomic mass is 32.1. The van der Waals surface area contributed by atoms with Crippen LogP contribution in [0.3, 0.4) is 0 Å². The number of methoxy groups -OCH3 is 1. The van der Waals surface area contributed by atoms with E-state index in [1.165, 1.54) is 23.5 Å². The maximum absolute atomic E-state index is 12.7. The van der Waals surface area contributed by atoms with Crippen molar-refractivity contribution in [3.63, 3.8) is 0 Å². The van der Waals surface area contributed by atoms with Gasteiger partial charge in [0.15, 0.2) is 16.6 Å². The van der Waals surface area contributed by atoms with Crippen LogP contribution in [0.15, 0.2) is 48.0 Å². The highest BCUT2D eigenvalue weighted by Crippen LogP contribution is 2.41. The van der Waals surface area contributed by atoms with Gasteiger partial charge in [0.05, 0.1) is 12.7 Å². The van der Waals surface area contributed by atoms with Crippen molar-refractivity contribution in [3.05, 3.63) is 64.7 Å². The highest BCUT2D eigenvalue weighted by molar-refractivity contribution is 7.13. The van der Waals surface area contributed by atoms with Gasteiger partial charge in [-0.25, -0.2) is 9.78 Å². The zero-order valence-electron chi connectivity index (χ0n) is 17.7. The topological polar surface area (TPSA) is 110 Å². The molecule has 3 N–H and O–H groups in total. The fourth-order valence-electron chi connectivity index (χ4n) is 3.85. The summed E-state index contributed by atoms with van der Waals surface area (Å²) in [5.74, 6) is 0.415. The van der Waals surface area contributed by atoms with E-state index in [2.05, 4.69) is 15.6 Å². The fourth-order valence-corrected chi connectivity index (χ4v) is 4.40. The number of hydrogen-bond acceptors (Lipinski definition) is 7. The maximum atomic E-state index is 12.7. The van der Waals surface area contributed by atoms with Gasteiger partial charge in [-0.3, -0.25) is 4.79 Å². The summed E-state index contributed by atoms with van der Waals surface area (Å²) in [7, 11) is 1.57. The van der Waals surface area contributed by atoms with Gasteiger partial charge in [0.1, 0.15) is 5.75 Å². The van der Waals surface area contributed by atoms with Gasteiger partial charge in [-0.2, -0.15) is 0 Å². The molecule has 0 unspecified atom stereocenters. The van der Waals surface area contributed by atoms with Crippen LogP contribution in [0.1, 0.15) is 34.8 Å². The average molecular weight is 454 g/mol. The number of anilines is 1. The molecule has 0 radical (unpaired) electrons. The van der Waals surface area contributed by atoms with Crippen LogP contribution < -0.4 is 20.1 Å². The Balaban J connectivity index is 1.62. The lowest BCUT2D eigenvalue weighted by atomic mass is 9.81. The molecule has 8 nitrogen and oxygen atoms in total. The standard InChI is InChI=1S/C23H23N3O5S/c1-23(13-20(27)26-22-24-9-10-32-22)17-12-19(18(30-2)11-15(17)7-8-25-23)31-16-5-3-14(4-6-16)21(28)29/h3-6,9-12,25H,7-8,13H2,1-2H3,(H,28,29)(H,24,26,27)/t23-/m1/s1. The number of amides is 1. The van der Waals surface area contributed by atoms with Crippen molar-refractivity contribution in [2.45, 2.75) is 25.3 Å². The van der Waals surface area contributed by atoms with Crippen molar-refractivity contribution < 1.29 is 24.2 Å². The molecule has 0 saturated carbocycles. The molecule has 3 aromatic rings. The van der Waals surface area contributed by atoms with E-state index in [-0.39, 0.29) is 17.9 Å². The third-order valence-electron chi connectivity index (χ3n) is 5.42. The zero-order chi connectivity index (χ0) is 22.7. The summed E-state index contributed by atoms with van der Waals surface area (Å²) in [6.07, 6.45) is 2.66. The minimum absolute atomic E-state index is 0.134. The quantitative estimate of drug-likeness (QED) is 0.495. The Bertz CT molecular complexity index is 1130. The Morgan fingerprint density at radius 1 is 1.25 bits per heavy atom. The lowest BCUT2D eigenvalue weighted by molar-refractivity contribution is -0.117. The summed E-state index contributed by atoms with van der Waals surface area (Å²) in [6.45, 7) is 2.72. The van der Waals surface area contributed by atoms with Gasteiger partial charge in [0.25, 0.3) is 0 Å². The second-order valence-electron chi connectivity index (χ2n) is 7.66. The minimum Gasteiger partial charge on any atom is -0.493 e. The van der Waals surface area contributed by atoms with Crippen LogP contribution in [0.4, 0.5) is 5.13 Å². The molecule has 1 aromatic heterocycles. The van der Waals surface area contributed by atoms with Crippen LogP contribution >= 0.6 is 11.3 Å². The summed E-state index contributed by atoms with van der Waals surface area (Å²) in [5.41, 5.74) is 1.61. The summed E-state index contributed by atoms with van der Waals surface area (Å²) in [4.78, 5) is 27.9. The molecule has 1 atom stereocenters. The molecule has 1 amide bonds. The summed E-state index contributed by atoms with van der Waals surface area (Å²) in [6, 6.07) is 9.99. The van der Waals surface area contributed by atoms with Crippen LogP contribution in [0.25, 0.3) is 0 Å². The number of carboxylic acids is 1. The molecular weight excluding hydrogens is 430 g/mol. The number of hydrogen-bond donors (Lipinski definition) is 3. The number of nitrogens with zero attached hydrogens (tertiary/aromatic N) is 1. The van der Waals surface area contributed by atoms with Gasteiger partial charge in [-0.05, 0) is 60.9 Å². The molecule has 2 aromatic carbocycles. The number of rotatable bonds is 7. The lowest BCUT2D eigenvalue weighted by Crippen LogP contribution is -2.47. The van der Waals surface area contributed by atoms with E-state index in [0.717, 1.165) is 24.1 Å². The minimum atomic E-state index is -0.999. The van der Waals surface area contributed by atoms with Crippen LogP contribution in [-0.4, -0.2) is 35.6 Å². The summed E-state index contributed by atoms with van der Waals surface area (Å²) >= 11 is 1.37. The number of fused-ring (bicyclic) bond motifs is 1. The Kier molecular flexibility index (Phi) is 6.11. The molecule has 166 valence electrons. The number of thiazole rings is 1.